The quantitative estimate of drug-likeness (QED) is 0.900. The first kappa shape index (κ1) is 15.7. The molecule has 0 aliphatic heterocycles. The Morgan fingerprint density at radius 2 is 1.86 bits per heavy atom. The first-order chi connectivity index (χ1) is 9.85. The zero-order valence-corrected chi connectivity index (χ0v) is 13.9. The fraction of sp³-hybridized carbons (Fsp3) is 0.357. The van der Waals surface area contributed by atoms with Gasteiger partial charge in [0.25, 0.3) is 5.91 Å². The molecule has 0 aliphatic carbocycles. The van der Waals surface area contributed by atoms with Gasteiger partial charge in [0.1, 0.15) is 10.7 Å². The molecule has 21 heavy (non-hydrogen) atoms. The van der Waals surface area contributed by atoms with E-state index in [1.54, 1.807) is 0 Å². The number of aromatic nitrogens is 1. The number of carboxylic acids is 1. The molecule has 2 heterocycles. The average Bonchev–Trinajstić information content (AvgIpc) is 2.88. The van der Waals surface area contributed by atoms with Crippen LogP contribution in [0, 0.1) is 20.8 Å². The Labute approximate surface area is 130 Å². The Hall–Kier alpha value is -1.73. The van der Waals surface area contributed by atoms with E-state index in [0.29, 0.717) is 17.1 Å². The number of aryl methyl sites for hydroxylation is 3. The van der Waals surface area contributed by atoms with E-state index in [1.165, 1.54) is 22.7 Å². The zero-order valence-electron chi connectivity index (χ0n) is 12.2. The summed E-state index contributed by atoms with van der Waals surface area (Å²) in [5.74, 6) is -1.37. The number of amides is 1. The van der Waals surface area contributed by atoms with Gasteiger partial charge in [-0.3, -0.25) is 4.79 Å². The molecule has 2 aromatic rings. The van der Waals surface area contributed by atoms with E-state index < -0.39 is 5.97 Å². The van der Waals surface area contributed by atoms with Gasteiger partial charge in [-0.1, -0.05) is 6.92 Å². The number of thiazole rings is 1. The molecule has 0 aromatic carbocycles. The van der Waals surface area contributed by atoms with Gasteiger partial charge in [-0.05, 0) is 32.8 Å². The van der Waals surface area contributed by atoms with Crippen LogP contribution in [0.2, 0.25) is 0 Å². The second-order valence-corrected chi connectivity index (χ2v) is 7.22. The van der Waals surface area contributed by atoms with Crippen molar-refractivity contribution in [3.8, 4) is 0 Å². The molecule has 2 N–H and O–H groups in total. The molecule has 0 bridgehead atoms. The molecule has 2 aromatic heterocycles. The van der Waals surface area contributed by atoms with E-state index in [4.69, 9.17) is 0 Å². The summed E-state index contributed by atoms with van der Waals surface area (Å²) < 4.78 is 0. The molecule has 7 heteroatoms. The van der Waals surface area contributed by atoms with Crippen LogP contribution in [0.3, 0.4) is 0 Å². The molecule has 2 rings (SSSR count). The van der Waals surface area contributed by atoms with Gasteiger partial charge in [-0.25, -0.2) is 9.78 Å². The van der Waals surface area contributed by atoms with Crippen LogP contribution in [0.4, 0.5) is 5.00 Å². The van der Waals surface area contributed by atoms with E-state index in [-0.39, 0.29) is 11.5 Å². The highest BCUT2D eigenvalue weighted by Gasteiger charge is 2.23. The normalized spacial score (nSPS) is 10.7. The summed E-state index contributed by atoms with van der Waals surface area (Å²) in [7, 11) is 0. The number of carbonyl (C=O) groups excluding carboxylic acids is 1. The molecule has 0 saturated carbocycles. The second kappa shape index (κ2) is 5.95. The van der Waals surface area contributed by atoms with Crippen molar-refractivity contribution in [3.05, 3.63) is 31.6 Å². The van der Waals surface area contributed by atoms with Crippen molar-refractivity contribution in [3.63, 3.8) is 0 Å². The molecule has 0 fully saturated rings. The molecule has 1 amide bonds. The third kappa shape index (κ3) is 2.98. The molecule has 0 spiro atoms. The van der Waals surface area contributed by atoms with Gasteiger partial charge < -0.3 is 10.4 Å². The van der Waals surface area contributed by atoms with Crippen LogP contribution in [-0.2, 0) is 6.42 Å². The minimum Gasteiger partial charge on any atom is -0.478 e. The highest BCUT2D eigenvalue weighted by atomic mass is 32.1. The highest BCUT2D eigenvalue weighted by Crippen LogP contribution is 2.34. The number of carbonyl (C=O) groups is 2. The lowest BCUT2D eigenvalue weighted by molar-refractivity contribution is 0.0697. The molecule has 0 saturated heterocycles. The third-order valence-electron chi connectivity index (χ3n) is 3.12. The van der Waals surface area contributed by atoms with Crippen LogP contribution in [0.5, 0.6) is 0 Å². The summed E-state index contributed by atoms with van der Waals surface area (Å²) in [6.07, 6.45) is 0.620. The predicted molar refractivity (Wildman–Crippen MR) is 84.9 cm³/mol. The SMILES string of the molecule is CCc1c(C)sc(NC(=O)c2nc(C)sc2C)c1C(=O)O. The molecule has 5 nitrogen and oxygen atoms in total. The zero-order chi connectivity index (χ0) is 15.7. The topological polar surface area (TPSA) is 79.3 Å². The molecule has 0 unspecified atom stereocenters. The van der Waals surface area contributed by atoms with Gasteiger partial charge in [0.15, 0.2) is 0 Å². The molecular formula is C14H16N2O3S2. The smallest absolute Gasteiger partial charge is 0.339 e. The van der Waals surface area contributed by atoms with Crippen molar-refractivity contribution in [2.45, 2.75) is 34.1 Å². The maximum Gasteiger partial charge on any atom is 0.339 e. The third-order valence-corrected chi connectivity index (χ3v) is 5.07. The molecule has 0 radical (unpaired) electrons. The number of rotatable bonds is 4. The van der Waals surface area contributed by atoms with Crippen LogP contribution < -0.4 is 5.32 Å². The van der Waals surface area contributed by atoms with Crippen LogP contribution in [0.1, 0.15) is 48.1 Å². The van der Waals surface area contributed by atoms with Crippen LogP contribution in [0.25, 0.3) is 0 Å². The van der Waals surface area contributed by atoms with E-state index in [2.05, 4.69) is 10.3 Å². The largest absolute Gasteiger partial charge is 0.478 e. The maximum absolute atomic E-state index is 12.3. The van der Waals surface area contributed by atoms with Gasteiger partial charge in [-0.15, -0.1) is 22.7 Å². The van der Waals surface area contributed by atoms with Crippen molar-refractivity contribution in [2.75, 3.05) is 5.32 Å². The summed E-state index contributed by atoms with van der Waals surface area (Å²) >= 11 is 2.74. The number of aromatic carboxylic acids is 1. The van der Waals surface area contributed by atoms with Crippen LogP contribution >= 0.6 is 22.7 Å². The number of carboxylic acid groups (broad SMARTS) is 1. The predicted octanol–water partition coefficient (Wildman–Crippen LogP) is 3.64. The number of hydrogen-bond acceptors (Lipinski definition) is 5. The minimum atomic E-state index is -1.02. The van der Waals surface area contributed by atoms with E-state index in [9.17, 15) is 14.7 Å². The summed E-state index contributed by atoms with van der Waals surface area (Å²) in [6, 6.07) is 0. The Balaban J connectivity index is 2.38. The maximum atomic E-state index is 12.3. The number of thiophene rings is 1. The molecule has 0 aliphatic rings. The van der Waals surface area contributed by atoms with Crippen LogP contribution in [-0.4, -0.2) is 22.0 Å². The standard InChI is InChI=1S/C14H16N2O3S2/c1-5-9-6(2)21-13(10(9)14(18)19)16-12(17)11-7(3)20-8(4)15-11/h5H2,1-4H3,(H,16,17)(H,18,19). The number of hydrogen-bond donors (Lipinski definition) is 2. The monoisotopic (exact) mass is 324 g/mol. The molecule has 112 valence electrons. The summed E-state index contributed by atoms with van der Waals surface area (Å²) in [6.45, 7) is 7.43. The van der Waals surface area contributed by atoms with E-state index in [1.807, 2.05) is 27.7 Å². The number of anilines is 1. The summed E-state index contributed by atoms with van der Waals surface area (Å²) in [5.41, 5.74) is 1.32. The number of nitrogens with zero attached hydrogens (tertiary/aromatic N) is 1. The van der Waals surface area contributed by atoms with Gasteiger partial charge in [0.05, 0.1) is 10.6 Å². The Bertz CT molecular complexity index is 716. The van der Waals surface area contributed by atoms with E-state index >= 15 is 0 Å². The fourth-order valence-electron chi connectivity index (χ4n) is 2.22. The first-order valence-electron chi connectivity index (χ1n) is 6.46. The van der Waals surface area contributed by atoms with Crippen molar-refractivity contribution in [1.29, 1.82) is 0 Å². The van der Waals surface area contributed by atoms with Crippen molar-refractivity contribution < 1.29 is 14.7 Å². The first-order valence-corrected chi connectivity index (χ1v) is 8.09. The molecular weight excluding hydrogens is 308 g/mol. The van der Waals surface area contributed by atoms with E-state index in [0.717, 1.165) is 20.3 Å². The van der Waals surface area contributed by atoms with Gasteiger partial charge in [-0.2, -0.15) is 0 Å². The van der Waals surface area contributed by atoms with Gasteiger partial charge in [0, 0.05) is 9.75 Å². The van der Waals surface area contributed by atoms with Crippen molar-refractivity contribution in [1.82, 2.24) is 4.98 Å². The van der Waals surface area contributed by atoms with Crippen molar-refractivity contribution in [2.24, 2.45) is 0 Å². The highest BCUT2D eigenvalue weighted by molar-refractivity contribution is 7.17. The second-order valence-electron chi connectivity index (χ2n) is 4.59. The fourth-order valence-corrected chi connectivity index (χ4v) is 4.17. The Kier molecular flexibility index (Phi) is 4.43. The van der Waals surface area contributed by atoms with Crippen molar-refractivity contribution >= 4 is 39.6 Å². The Morgan fingerprint density at radius 3 is 2.33 bits per heavy atom. The van der Waals surface area contributed by atoms with Gasteiger partial charge >= 0.3 is 5.97 Å². The lowest BCUT2D eigenvalue weighted by atomic mass is 10.1. The lowest BCUT2D eigenvalue weighted by Gasteiger charge is -2.04. The minimum absolute atomic E-state index is 0.193. The average molecular weight is 324 g/mol. The summed E-state index contributed by atoms with van der Waals surface area (Å²) in [4.78, 5) is 29.7. The lowest BCUT2D eigenvalue weighted by Crippen LogP contribution is -2.15. The Morgan fingerprint density at radius 1 is 1.19 bits per heavy atom. The molecule has 0 atom stereocenters. The summed E-state index contributed by atoms with van der Waals surface area (Å²) in [5, 5.41) is 13.3. The van der Waals surface area contributed by atoms with Gasteiger partial charge in [0.2, 0.25) is 0 Å². The number of nitrogens with one attached hydrogen (secondary N) is 1. The van der Waals surface area contributed by atoms with Crippen LogP contribution in [0.15, 0.2) is 0 Å².